The van der Waals surface area contributed by atoms with Crippen LogP contribution in [0.1, 0.15) is 12.5 Å². The third kappa shape index (κ3) is 3.74. The number of benzene rings is 2. The van der Waals surface area contributed by atoms with E-state index in [2.05, 4.69) is 30.8 Å². The fraction of sp³-hybridized carbons (Fsp3) is 0.176. The monoisotopic (exact) mass is 420 g/mol. The molecule has 0 bridgehead atoms. The van der Waals surface area contributed by atoms with Crippen molar-refractivity contribution in [2.24, 2.45) is 0 Å². The van der Waals surface area contributed by atoms with Gasteiger partial charge in [0.25, 0.3) is 10.0 Å². The Morgan fingerprint density at radius 3 is 2.76 bits per heavy atom. The molecule has 1 heterocycles. The molecule has 2 aromatic carbocycles. The fourth-order valence-corrected chi connectivity index (χ4v) is 4.34. The number of hydrogen-bond donors (Lipinski definition) is 1. The predicted molar refractivity (Wildman–Crippen MR) is 101 cm³/mol. The molecule has 8 heteroatoms. The van der Waals surface area contributed by atoms with Gasteiger partial charge in [0, 0.05) is 22.3 Å². The molecule has 1 aromatic heterocycles. The molecule has 130 valence electrons. The summed E-state index contributed by atoms with van der Waals surface area (Å²) >= 11 is 3.32. The molecule has 0 aliphatic carbocycles. The zero-order valence-corrected chi connectivity index (χ0v) is 16.2. The predicted octanol–water partition coefficient (Wildman–Crippen LogP) is 3.84. The summed E-state index contributed by atoms with van der Waals surface area (Å²) < 4.78 is 30.7. The van der Waals surface area contributed by atoms with Gasteiger partial charge in [-0.1, -0.05) is 34.1 Å². The first kappa shape index (κ1) is 17.6. The first-order chi connectivity index (χ1) is 11.9. The van der Waals surface area contributed by atoms with Gasteiger partial charge in [0.2, 0.25) is 0 Å². The van der Waals surface area contributed by atoms with E-state index < -0.39 is 10.0 Å². The number of rotatable bonds is 5. The van der Waals surface area contributed by atoms with Crippen molar-refractivity contribution in [2.75, 3.05) is 4.72 Å². The summed E-state index contributed by atoms with van der Waals surface area (Å²) in [6.07, 6.45) is 1.65. The minimum atomic E-state index is -3.69. The topological polar surface area (TPSA) is 76.9 Å². The Kier molecular flexibility index (Phi) is 4.91. The highest BCUT2D eigenvalue weighted by atomic mass is 79.9. The van der Waals surface area contributed by atoms with E-state index in [0.29, 0.717) is 21.5 Å². The number of halogens is 1. The minimum absolute atomic E-state index is 0.240. The average molecular weight is 421 g/mol. The third-order valence-corrected chi connectivity index (χ3v) is 5.79. The summed E-state index contributed by atoms with van der Waals surface area (Å²) in [6, 6.07) is 12.3. The van der Waals surface area contributed by atoms with E-state index >= 15 is 0 Å². The second-order valence-corrected chi connectivity index (χ2v) is 8.10. The van der Waals surface area contributed by atoms with Crippen LogP contribution in [0.5, 0.6) is 0 Å². The summed E-state index contributed by atoms with van der Waals surface area (Å²) in [5.41, 5.74) is 1.95. The summed E-state index contributed by atoms with van der Waals surface area (Å²) in [6.45, 7) is 4.49. The second-order valence-electron chi connectivity index (χ2n) is 5.54. The van der Waals surface area contributed by atoms with Crippen LogP contribution in [0, 0.1) is 6.92 Å². The molecule has 0 saturated carbocycles. The van der Waals surface area contributed by atoms with E-state index in [0.717, 1.165) is 12.1 Å². The largest absolute Gasteiger partial charge is 0.314 e. The molecule has 0 unspecified atom stereocenters. The van der Waals surface area contributed by atoms with Crippen molar-refractivity contribution in [3.63, 3.8) is 0 Å². The number of sulfonamides is 1. The van der Waals surface area contributed by atoms with Crippen molar-refractivity contribution in [1.29, 1.82) is 0 Å². The Morgan fingerprint density at radius 2 is 2.00 bits per heavy atom. The Labute approximate surface area is 155 Å². The maximum atomic E-state index is 12.7. The molecule has 0 saturated heterocycles. The molecule has 3 aromatic rings. The normalized spacial score (nSPS) is 11.5. The summed E-state index contributed by atoms with van der Waals surface area (Å²) in [7, 11) is -3.69. The van der Waals surface area contributed by atoms with Crippen molar-refractivity contribution in [3.05, 3.63) is 58.8 Å². The highest BCUT2D eigenvalue weighted by Gasteiger charge is 2.18. The van der Waals surface area contributed by atoms with Crippen molar-refractivity contribution in [1.82, 2.24) is 14.8 Å². The first-order valence-corrected chi connectivity index (χ1v) is 9.95. The van der Waals surface area contributed by atoms with E-state index in [4.69, 9.17) is 0 Å². The molecule has 0 radical (unpaired) electrons. The summed E-state index contributed by atoms with van der Waals surface area (Å²) in [5.74, 6) is 0.696. The highest BCUT2D eigenvalue weighted by Crippen LogP contribution is 2.25. The molecule has 0 aliphatic heterocycles. The first-order valence-electron chi connectivity index (χ1n) is 7.68. The van der Waals surface area contributed by atoms with Gasteiger partial charge >= 0.3 is 0 Å². The van der Waals surface area contributed by atoms with Gasteiger partial charge in [-0.2, -0.15) is 0 Å². The quantitative estimate of drug-likeness (QED) is 0.679. The molecule has 0 aliphatic rings. The molecule has 25 heavy (non-hydrogen) atoms. The average Bonchev–Trinajstić information content (AvgIpc) is 3.05. The minimum Gasteiger partial charge on any atom is -0.314 e. The van der Waals surface area contributed by atoms with Gasteiger partial charge < -0.3 is 4.57 Å². The van der Waals surface area contributed by atoms with Gasteiger partial charge in [-0.3, -0.25) is 4.72 Å². The van der Waals surface area contributed by atoms with E-state index in [1.54, 1.807) is 43.6 Å². The van der Waals surface area contributed by atoms with Gasteiger partial charge in [0.05, 0.1) is 4.90 Å². The van der Waals surface area contributed by atoms with Crippen LogP contribution in [-0.4, -0.2) is 23.2 Å². The van der Waals surface area contributed by atoms with Gasteiger partial charge in [0.1, 0.15) is 6.33 Å². The van der Waals surface area contributed by atoms with Crippen LogP contribution in [0.4, 0.5) is 5.69 Å². The lowest BCUT2D eigenvalue weighted by atomic mass is 10.2. The Bertz CT molecular complexity index is 1010. The lowest BCUT2D eigenvalue weighted by Crippen LogP contribution is -2.14. The number of aryl methyl sites for hydroxylation is 2. The third-order valence-electron chi connectivity index (χ3n) is 3.77. The Balaban J connectivity index is 1.96. The van der Waals surface area contributed by atoms with Crippen molar-refractivity contribution in [2.45, 2.75) is 25.3 Å². The zero-order chi connectivity index (χ0) is 18.0. The highest BCUT2D eigenvalue weighted by molar-refractivity contribution is 9.10. The van der Waals surface area contributed by atoms with Gasteiger partial charge in [0.15, 0.2) is 5.82 Å². The van der Waals surface area contributed by atoms with Crippen LogP contribution < -0.4 is 4.72 Å². The van der Waals surface area contributed by atoms with E-state index in [1.165, 1.54) is 0 Å². The summed E-state index contributed by atoms with van der Waals surface area (Å²) in [4.78, 5) is 0.240. The molecule has 0 spiro atoms. The SMILES string of the molecule is CCn1cnnc1-c1cccc(NS(=O)(=O)c2cc(Br)ccc2C)c1. The molecule has 1 N–H and O–H groups in total. The van der Waals surface area contributed by atoms with Crippen molar-refractivity contribution < 1.29 is 8.42 Å². The molecule has 0 amide bonds. The van der Waals surface area contributed by atoms with Crippen LogP contribution in [0.3, 0.4) is 0 Å². The number of hydrogen-bond acceptors (Lipinski definition) is 4. The van der Waals surface area contributed by atoms with Gasteiger partial charge in [-0.25, -0.2) is 8.42 Å². The molecule has 6 nitrogen and oxygen atoms in total. The van der Waals surface area contributed by atoms with Crippen molar-refractivity contribution >= 4 is 31.6 Å². The van der Waals surface area contributed by atoms with E-state index in [1.807, 2.05) is 23.6 Å². The van der Waals surface area contributed by atoms with Crippen LogP contribution in [0.2, 0.25) is 0 Å². The molecular formula is C17H17BrN4O2S. The Hall–Kier alpha value is -2.19. The second kappa shape index (κ2) is 6.97. The Morgan fingerprint density at radius 1 is 1.20 bits per heavy atom. The molecule has 3 rings (SSSR count). The molecule has 0 fully saturated rings. The maximum absolute atomic E-state index is 12.7. The molecular weight excluding hydrogens is 404 g/mol. The van der Waals surface area contributed by atoms with E-state index in [-0.39, 0.29) is 4.90 Å². The smallest absolute Gasteiger partial charge is 0.262 e. The maximum Gasteiger partial charge on any atom is 0.262 e. The van der Waals surface area contributed by atoms with Gasteiger partial charge in [-0.05, 0) is 43.7 Å². The zero-order valence-electron chi connectivity index (χ0n) is 13.8. The number of nitrogens with zero attached hydrogens (tertiary/aromatic N) is 3. The fourth-order valence-electron chi connectivity index (χ4n) is 2.51. The molecule has 0 atom stereocenters. The van der Waals surface area contributed by atoms with E-state index in [9.17, 15) is 8.42 Å². The number of aromatic nitrogens is 3. The lowest BCUT2D eigenvalue weighted by Gasteiger charge is -2.12. The van der Waals surface area contributed by atoms with Crippen molar-refractivity contribution in [3.8, 4) is 11.4 Å². The number of nitrogens with one attached hydrogen (secondary N) is 1. The van der Waals surface area contributed by atoms with Crippen LogP contribution >= 0.6 is 15.9 Å². The lowest BCUT2D eigenvalue weighted by molar-refractivity contribution is 0.600. The van der Waals surface area contributed by atoms with Crippen LogP contribution in [-0.2, 0) is 16.6 Å². The van der Waals surface area contributed by atoms with Crippen LogP contribution in [0.15, 0.2) is 58.2 Å². The number of anilines is 1. The standard InChI is InChI=1S/C17H17BrN4O2S/c1-3-22-11-19-20-17(22)13-5-4-6-15(9-13)21-25(23,24)16-10-14(18)8-7-12(16)2/h4-11,21H,3H2,1-2H3. The summed E-state index contributed by atoms with van der Waals surface area (Å²) in [5, 5.41) is 8.02. The van der Waals surface area contributed by atoms with Gasteiger partial charge in [-0.15, -0.1) is 10.2 Å². The van der Waals surface area contributed by atoms with Crippen LogP contribution in [0.25, 0.3) is 11.4 Å².